The van der Waals surface area contributed by atoms with Crippen LogP contribution in [0.3, 0.4) is 0 Å². The molecule has 2 rings (SSSR count). The fourth-order valence-electron chi connectivity index (χ4n) is 2.11. The van der Waals surface area contributed by atoms with Crippen molar-refractivity contribution in [3.8, 4) is 0 Å². The highest BCUT2D eigenvalue weighted by Gasteiger charge is 2.35. The summed E-state index contributed by atoms with van der Waals surface area (Å²) in [7, 11) is 0. The molecule has 1 aliphatic heterocycles. The molecule has 1 aromatic rings. The van der Waals surface area contributed by atoms with Crippen LogP contribution in [0, 0.1) is 0 Å². The van der Waals surface area contributed by atoms with E-state index in [2.05, 4.69) is 24.2 Å². The predicted molar refractivity (Wildman–Crippen MR) is 78.3 cm³/mol. The van der Waals surface area contributed by atoms with Crippen molar-refractivity contribution in [3.05, 3.63) is 29.8 Å². The van der Waals surface area contributed by atoms with Gasteiger partial charge in [0.25, 0.3) is 0 Å². The molecule has 0 radical (unpaired) electrons. The van der Waals surface area contributed by atoms with Crippen LogP contribution in [-0.2, 0) is 6.18 Å². The second-order valence-electron chi connectivity index (χ2n) is 4.81. The zero-order valence-electron chi connectivity index (χ0n) is 11.4. The summed E-state index contributed by atoms with van der Waals surface area (Å²) in [6.07, 6.45) is -2.58. The van der Waals surface area contributed by atoms with Crippen molar-refractivity contribution in [2.45, 2.75) is 38.4 Å². The van der Waals surface area contributed by atoms with Crippen LogP contribution in [0.4, 0.5) is 18.9 Å². The molecule has 0 amide bonds. The van der Waals surface area contributed by atoms with Crippen LogP contribution < -0.4 is 5.32 Å². The van der Waals surface area contributed by atoms with E-state index in [1.807, 2.05) is 0 Å². The van der Waals surface area contributed by atoms with E-state index in [1.54, 1.807) is 6.07 Å². The Hall–Kier alpha value is -1.17. The van der Waals surface area contributed by atoms with E-state index in [1.165, 1.54) is 23.9 Å². The van der Waals surface area contributed by atoms with Gasteiger partial charge in [0.2, 0.25) is 0 Å². The van der Waals surface area contributed by atoms with Gasteiger partial charge in [-0.2, -0.15) is 13.2 Å². The number of para-hydroxylation sites is 1. The second-order valence-corrected chi connectivity index (χ2v) is 5.77. The Balaban J connectivity index is 2.24. The molecule has 0 spiro atoms. The predicted octanol–water partition coefficient (Wildman–Crippen LogP) is 4.78. The van der Waals surface area contributed by atoms with Gasteiger partial charge >= 0.3 is 6.18 Å². The highest BCUT2D eigenvalue weighted by atomic mass is 32.2. The number of hydrogen-bond donors (Lipinski definition) is 1. The number of amidine groups is 1. The third-order valence-corrected chi connectivity index (χ3v) is 4.76. The lowest BCUT2D eigenvalue weighted by Gasteiger charge is -2.20. The fraction of sp³-hybridized carbons (Fsp3) is 0.500. The zero-order chi connectivity index (χ0) is 14.8. The molecule has 0 bridgehead atoms. The van der Waals surface area contributed by atoms with Crippen LogP contribution in [0.15, 0.2) is 29.3 Å². The van der Waals surface area contributed by atoms with Gasteiger partial charge in [0, 0.05) is 5.75 Å². The minimum absolute atomic E-state index is 0.0641. The lowest BCUT2D eigenvalue weighted by atomic mass is 9.97. The summed E-state index contributed by atoms with van der Waals surface area (Å²) in [5.41, 5.74) is -0.733. The molecule has 1 heterocycles. The van der Waals surface area contributed by atoms with E-state index < -0.39 is 11.7 Å². The zero-order valence-corrected chi connectivity index (χ0v) is 12.2. The first-order valence-corrected chi connectivity index (χ1v) is 7.54. The van der Waals surface area contributed by atoms with Gasteiger partial charge in [0.15, 0.2) is 5.17 Å². The molecule has 20 heavy (non-hydrogen) atoms. The number of anilines is 1. The van der Waals surface area contributed by atoms with Crippen LogP contribution in [0.1, 0.15) is 32.3 Å². The first-order chi connectivity index (χ1) is 9.40. The topological polar surface area (TPSA) is 24.4 Å². The minimum Gasteiger partial charge on any atom is -0.334 e. The molecule has 1 aliphatic rings. The molecule has 110 valence electrons. The lowest BCUT2D eigenvalue weighted by Crippen LogP contribution is -2.24. The van der Waals surface area contributed by atoms with Gasteiger partial charge in [-0.15, -0.1) is 0 Å². The number of halogens is 3. The Labute approximate surface area is 120 Å². The highest BCUT2D eigenvalue weighted by Crippen LogP contribution is 2.37. The van der Waals surface area contributed by atoms with E-state index in [0.29, 0.717) is 5.17 Å². The van der Waals surface area contributed by atoms with Crippen molar-refractivity contribution in [1.29, 1.82) is 0 Å². The van der Waals surface area contributed by atoms with Crippen molar-refractivity contribution in [3.63, 3.8) is 0 Å². The van der Waals surface area contributed by atoms with Crippen molar-refractivity contribution < 1.29 is 13.2 Å². The molecule has 1 aromatic carbocycles. The molecule has 1 N–H and O–H groups in total. The van der Waals surface area contributed by atoms with Gasteiger partial charge in [-0.3, -0.25) is 4.99 Å². The molecule has 2 nitrogen and oxygen atoms in total. The first kappa shape index (κ1) is 15.2. The lowest BCUT2D eigenvalue weighted by molar-refractivity contribution is -0.136. The number of benzene rings is 1. The summed E-state index contributed by atoms with van der Waals surface area (Å²) in [4.78, 5) is 4.58. The normalized spacial score (nSPS) is 17.9. The van der Waals surface area contributed by atoms with E-state index in [9.17, 15) is 13.2 Å². The molecular weight excluding hydrogens is 285 g/mol. The SMILES string of the molecule is CCC1(CC)CSC(Nc2ccccc2C(F)(F)F)=N1. The number of hydrogen-bond acceptors (Lipinski definition) is 3. The van der Waals surface area contributed by atoms with E-state index >= 15 is 0 Å². The highest BCUT2D eigenvalue weighted by molar-refractivity contribution is 8.14. The van der Waals surface area contributed by atoms with E-state index in [0.717, 1.165) is 24.7 Å². The molecule has 0 atom stereocenters. The second kappa shape index (κ2) is 5.68. The Morgan fingerprint density at radius 1 is 1.25 bits per heavy atom. The summed E-state index contributed by atoms with van der Waals surface area (Å²) < 4.78 is 38.8. The number of aliphatic imine (C=N–C) groups is 1. The number of alkyl halides is 3. The molecule has 0 fully saturated rings. The smallest absolute Gasteiger partial charge is 0.334 e. The van der Waals surface area contributed by atoms with Gasteiger partial charge in [0.05, 0.1) is 16.8 Å². The van der Waals surface area contributed by atoms with Crippen LogP contribution in [0.25, 0.3) is 0 Å². The number of nitrogens with one attached hydrogen (secondary N) is 1. The van der Waals surface area contributed by atoms with Crippen LogP contribution in [0.5, 0.6) is 0 Å². The van der Waals surface area contributed by atoms with Gasteiger partial charge in [-0.1, -0.05) is 37.7 Å². The standard InChI is InChI=1S/C14H17F3N2S/c1-3-13(4-2)9-20-12(19-13)18-11-8-6-5-7-10(11)14(15,16)17/h5-8H,3-4,9H2,1-2H3,(H,18,19). The third kappa shape index (κ3) is 3.11. The summed E-state index contributed by atoms with van der Waals surface area (Å²) in [5.74, 6) is 0.816. The van der Waals surface area contributed by atoms with Crippen LogP contribution >= 0.6 is 11.8 Å². The monoisotopic (exact) mass is 302 g/mol. The van der Waals surface area contributed by atoms with Crippen LogP contribution in [-0.4, -0.2) is 16.5 Å². The summed E-state index contributed by atoms with van der Waals surface area (Å²) in [6.45, 7) is 4.11. The van der Waals surface area contributed by atoms with Gasteiger partial charge in [-0.25, -0.2) is 0 Å². The molecule has 0 saturated heterocycles. The maximum Gasteiger partial charge on any atom is 0.418 e. The Kier molecular flexibility index (Phi) is 4.32. The Morgan fingerprint density at radius 3 is 2.45 bits per heavy atom. The molecular formula is C14H17F3N2S. The maximum absolute atomic E-state index is 12.9. The number of thioether (sulfide) groups is 1. The first-order valence-electron chi connectivity index (χ1n) is 6.56. The maximum atomic E-state index is 12.9. The van der Waals surface area contributed by atoms with Crippen molar-refractivity contribution in [2.75, 3.05) is 11.1 Å². The summed E-state index contributed by atoms with van der Waals surface area (Å²) >= 11 is 1.48. The number of rotatable bonds is 3. The Morgan fingerprint density at radius 2 is 1.90 bits per heavy atom. The molecule has 0 saturated carbocycles. The fourth-order valence-corrected chi connectivity index (χ4v) is 3.43. The summed E-state index contributed by atoms with van der Waals surface area (Å²) in [5, 5.41) is 3.41. The average molecular weight is 302 g/mol. The minimum atomic E-state index is -4.36. The quantitative estimate of drug-likeness (QED) is 0.869. The Bertz CT molecular complexity index is 507. The van der Waals surface area contributed by atoms with E-state index in [-0.39, 0.29) is 11.2 Å². The molecule has 0 unspecified atom stereocenters. The van der Waals surface area contributed by atoms with Gasteiger partial charge < -0.3 is 5.32 Å². The van der Waals surface area contributed by atoms with Crippen LogP contribution in [0.2, 0.25) is 0 Å². The van der Waals surface area contributed by atoms with Gasteiger partial charge in [-0.05, 0) is 25.0 Å². The molecule has 0 aliphatic carbocycles. The van der Waals surface area contributed by atoms with E-state index in [4.69, 9.17) is 0 Å². The molecule has 0 aromatic heterocycles. The van der Waals surface area contributed by atoms with Crippen molar-refractivity contribution in [2.24, 2.45) is 4.99 Å². The number of nitrogens with zero attached hydrogens (tertiary/aromatic N) is 1. The largest absolute Gasteiger partial charge is 0.418 e. The summed E-state index contributed by atoms with van der Waals surface area (Å²) in [6, 6.07) is 5.49. The average Bonchev–Trinajstić information content (AvgIpc) is 2.82. The van der Waals surface area contributed by atoms with Crippen molar-refractivity contribution in [1.82, 2.24) is 0 Å². The third-order valence-electron chi connectivity index (χ3n) is 3.61. The van der Waals surface area contributed by atoms with Crippen molar-refractivity contribution >= 4 is 22.6 Å². The molecule has 6 heteroatoms. The van der Waals surface area contributed by atoms with Gasteiger partial charge in [0.1, 0.15) is 0 Å².